The summed E-state index contributed by atoms with van der Waals surface area (Å²) in [4.78, 5) is 0. The van der Waals surface area contributed by atoms with E-state index in [1.807, 2.05) is 0 Å². The first kappa shape index (κ1) is 11.3. The molecule has 0 saturated carbocycles. The van der Waals surface area contributed by atoms with E-state index in [1.54, 1.807) is 0 Å². The molecule has 78 valence electrons. The minimum absolute atomic E-state index is 0.584. The first-order chi connectivity index (χ1) is 6.68. The van der Waals surface area contributed by atoms with Gasteiger partial charge < -0.3 is 5.32 Å². The zero-order valence-electron chi connectivity index (χ0n) is 9.46. The van der Waals surface area contributed by atoms with Gasteiger partial charge in [-0.15, -0.1) is 0 Å². The number of hydrogen-bond acceptors (Lipinski definition) is 1. The van der Waals surface area contributed by atoms with Gasteiger partial charge in [0.25, 0.3) is 0 Å². The van der Waals surface area contributed by atoms with E-state index in [1.165, 1.54) is 18.4 Å². The van der Waals surface area contributed by atoms with Crippen LogP contribution in [0.1, 0.15) is 32.8 Å². The van der Waals surface area contributed by atoms with Crippen molar-refractivity contribution in [3.8, 4) is 0 Å². The second-order valence-electron chi connectivity index (χ2n) is 4.25. The SMILES string of the molecule is CC(C)N[C@@H](C)CCc1ccccc1. The predicted molar refractivity (Wildman–Crippen MR) is 62.5 cm³/mol. The Hall–Kier alpha value is -0.820. The number of aryl methyl sites for hydroxylation is 1. The maximum absolute atomic E-state index is 3.51. The molecule has 0 heterocycles. The molecule has 1 aromatic carbocycles. The van der Waals surface area contributed by atoms with Crippen LogP contribution in [0.3, 0.4) is 0 Å². The van der Waals surface area contributed by atoms with Gasteiger partial charge in [-0.05, 0) is 25.3 Å². The Morgan fingerprint density at radius 1 is 1.07 bits per heavy atom. The fourth-order valence-corrected chi connectivity index (χ4v) is 1.68. The van der Waals surface area contributed by atoms with Crippen LogP contribution in [0.4, 0.5) is 0 Å². The molecular formula is C13H21N. The molecule has 1 N–H and O–H groups in total. The van der Waals surface area contributed by atoms with Gasteiger partial charge in [-0.1, -0.05) is 44.2 Å². The Morgan fingerprint density at radius 3 is 2.29 bits per heavy atom. The van der Waals surface area contributed by atoms with E-state index < -0.39 is 0 Å². The van der Waals surface area contributed by atoms with Crippen molar-refractivity contribution in [2.24, 2.45) is 0 Å². The summed E-state index contributed by atoms with van der Waals surface area (Å²) in [5.74, 6) is 0. The summed E-state index contributed by atoms with van der Waals surface area (Å²) in [7, 11) is 0. The van der Waals surface area contributed by atoms with Crippen molar-refractivity contribution < 1.29 is 0 Å². The van der Waals surface area contributed by atoms with Crippen LogP contribution < -0.4 is 5.32 Å². The second-order valence-corrected chi connectivity index (χ2v) is 4.25. The van der Waals surface area contributed by atoms with E-state index in [4.69, 9.17) is 0 Å². The van der Waals surface area contributed by atoms with Crippen molar-refractivity contribution in [2.45, 2.75) is 45.7 Å². The summed E-state index contributed by atoms with van der Waals surface area (Å²) in [5, 5.41) is 3.51. The summed E-state index contributed by atoms with van der Waals surface area (Å²) in [6, 6.07) is 11.9. The molecule has 0 unspecified atom stereocenters. The number of benzene rings is 1. The van der Waals surface area contributed by atoms with Gasteiger partial charge in [0.1, 0.15) is 0 Å². The van der Waals surface area contributed by atoms with Gasteiger partial charge in [0, 0.05) is 12.1 Å². The van der Waals surface area contributed by atoms with E-state index in [-0.39, 0.29) is 0 Å². The van der Waals surface area contributed by atoms with E-state index >= 15 is 0 Å². The van der Waals surface area contributed by atoms with Gasteiger partial charge in [-0.2, -0.15) is 0 Å². The summed E-state index contributed by atoms with van der Waals surface area (Å²) in [6.45, 7) is 6.64. The van der Waals surface area contributed by atoms with Crippen LogP contribution in [-0.4, -0.2) is 12.1 Å². The van der Waals surface area contributed by atoms with Gasteiger partial charge in [-0.3, -0.25) is 0 Å². The molecule has 0 radical (unpaired) electrons. The van der Waals surface area contributed by atoms with Crippen LogP contribution in [0.15, 0.2) is 30.3 Å². The molecule has 1 aromatic rings. The zero-order chi connectivity index (χ0) is 10.4. The Morgan fingerprint density at radius 2 is 1.71 bits per heavy atom. The van der Waals surface area contributed by atoms with Crippen LogP contribution in [0.2, 0.25) is 0 Å². The van der Waals surface area contributed by atoms with Gasteiger partial charge in [-0.25, -0.2) is 0 Å². The molecular weight excluding hydrogens is 170 g/mol. The Balaban J connectivity index is 2.27. The quantitative estimate of drug-likeness (QED) is 0.754. The lowest BCUT2D eigenvalue weighted by Crippen LogP contribution is -2.32. The molecule has 0 amide bonds. The molecule has 1 atom stereocenters. The van der Waals surface area contributed by atoms with Crippen LogP contribution in [-0.2, 0) is 6.42 Å². The van der Waals surface area contributed by atoms with Gasteiger partial charge in [0.2, 0.25) is 0 Å². The van der Waals surface area contributed by atoms with Gasteiger partial charge in [0.05, 0.1) is 0 Å². The van der Waals surface area contributed by atoms with Crippen molar-refractivity contribution in [3.05, 3.63) is 35.9 Å². The zero-order valence-corrected chi connectivity index (χ0v) is 9.46. The van der Waals surface area contributed by atoms with Crippen LogP contribution in [0, 0.1) is 0 Å². The molecule has 0 bridgehead atoms. The fraction of sp³-hybridized carbons (Fsp3) is 0.538. The van der Waals surface area contributed by atoms with E-state index in [9.17, 15) is 0 Å². The fourth-order valence-electron chi connectivity index (χ4n) is 1.68. The van der Waals surface area contributed by atoms with Crippen LogP contribution in [0.25, 0.3) is 0 Å². The lowest BCUT2D eigenvalue weighted by molar-refractivity contribution is 0.466. The first-order valence-electron chi connectivity index (χ1n) is 5.48. The number of nitrogens with one attached hydrogen (secondary N) is 1. The minimum atomic E-state index is 0.584. The standard InChI is InChI=1S/C13H21N/c1-11(2)14-12(3)9-10-13-7-5-4-6-8-13/h4-8,11-12,14H,9-10H2,1-3H3/t12-/m0/s1. The molecule has 0 aliphatic carbocycles. The van der Waals surface area contributed by atoms with Crippen molar-refractivity contribution in [1.82, 2.24) is 5.32 Å². The molecule has 0 fully saturated rings. The van der Waals surface area contributed by atoms with E-state index in [2.05, 4.69) is 56.4 Å². The summed E-state index contributed by atoms with van der Waals surface area (Å²) >= 11 is 0. The van der Waals surface area contributed by atoms with E-state index in [0.29, 0.717) is 12.1 Å². The van der Waals surface area contributed by atoms with Crippen molar-refractivity contribution in [2.75, 3.05) is 0 Å². The topological polar surface area (TPSA) is 12.0 Å². The Labute approximate surface area is 87.5 Å². The van der Waals surface area contributed by atoms with Gasteiger partial charge >= 0.3 is 0 Å². The van der Waals surface area contributed by atoms with Crippen molar-refractivity contribution in [3.63, 3.8) is 0 Å². The van der Waals surface area contributed by atoms with Crippen LogP contribution in [0.5, 0.6) is 0 Å². The summed E-state index contributed by atoms with van der Waals surface area (Å²) in [6.07, 6.45) is 2.38. The highest BCUT2D eigenvalue weighted by Gasteiger charge is 2.03. The monoisotopic (exact) mass is 191 g/mol. The third-order valence-electron chi connectivity index (χ3n) is 2.33. The normalized spacial score (nSPS) is 13.1. The summed E-state index contributed by atoms with van der Waals surface area (Å²) < 4.78 is 0. The molecule has 14 heavy (non-hydrogen) atoms. The maximum atomic E-state index is 3.51. The molecule has 1 heteroatoms. The molecule has 0 aliphatic rings. The first-order valence-corrected chi connectivity index (χ1v) is 5.48. The Bertz CT molecular complexity index is 241. The highest BCUT2D eigenvalue weighted by molar-refractivity contribution is 5.14. The molecule has 0 saturated heterocycles. The molecule has 0 aromatic heterocycles. The highest BCUT2D eigenvalue weighted by atomic mass is 14.9. The Kier molecular flexibility index (Phi) is 4.68. The third-order valence-corrected chi connectivity index (χ3v) is 2.33. The smallest absolute Gasteiger partial charge is 0.00442 e. The average molecular weight is 191 g/mol. The minimum Gasteiger partial charge on any atom is -0.312 e. The van der Waals surface area contributed by atoms with Crippen molar-refractivity contribution >= 4 is 0 Å². The summed E-state index contributed by atoms with van der Waals surface area (Å²) in [5.41, 5.74) is 1.44. The molecule has 1 nitrogen and oxygen atoms in total. The van der Waals surface area contributed by atoms with Gasteiger partial charge in [0.15, 0.2) is 0 Å². The largest absolute Gasteiger partial charge is 0.312 e. The number of rotatable bonds is 5. The maximum Gasteiger partial charge on any atom is 0.00442 e. The molecule has 0 spiro atoms. The molecule has 0 aliphatic heterocycles. The lowest BCUT2D eigenvalue weighted by atomic mass is 10.1. The average Bonchev–Trinajstić information content (AvgIpc) is 2.15. The molecule has 1 rings (SSSR count). The van der Waals surface area contributed by atoms with Crippen LogP contribution >= 0.6 is 0 Å². The highest BCUT2D eigenvalue weighted by Crippen LogP contribution is 2.04. The van der Waals surface area contributed by atoms with E-state index in [0.717, 1.165) is 0 Å². The predicted octanol–water partition coefficient (Wildman–Crippen LogP) is 3.01. The third kappa shape index (κ3) is 4.43. The second kappa shape index (κ2) is 5.82. The lowest BCUT2D eigenvalue weighted by Gasteiger charge is -2.16. The van der Waals surface area contributed by atoms with Crippen molar-refractivity contribution in [1.29, 1.82) is 0 Å². The number of hydrogen-bond donors (Lipinski definition) is 1.